The average molecular weight is 586 g/mol. The summed E-state index contributed by atoms with van der Waals surface area (Å²) in [5.41, 5.74) is 0.723. The van der Waals surface area contributed by atoms with Crippen LogP contribution in [-0.2, 0) is 30.3 Å². The molecule has 1 aromatic rings. The second-order valence-corrected chi connectivity index (χ2v) is 11.9. The zero-order valence-electron chi connectivity index (χ0n) is 24.6. The summed E-state index contributed by atoms with van der Waals surface area (Å²) in [5, 5.41) is 28.4. The molecule has 4 atom stereocenters. The molecule has 11 heteroatoms. The number of allylic oxidation sites excluding steroid dienone is 1. The molecule has 2 aliphatic carbocycles. The Hall–Kier alpha value is -3.44. The molecule has 0 spiro atoms. The molecule has 5 N–H and O–H groups in total. The maximum Gasteiger partial charge on any atom is 0.243 e. The highest BCUT2D eigenvalue weighted by Crippen LogP contribution is 2.32. The van der Waals surface area contributed by atoms with Gasteiger partial charge in [0, 0.05) is 12.3 Å². The number of epoxide rings is 1. The molecule has 42 heavy (non-hydrogen) atoms. The third-order valence-electron chi connectivity index (χ3n) is 8.47. The number of ether oxygens (including phenoxy) is 2. The highest BCUT2D eigenvalue weighted by molar-refractivity contribution is 5.98. The summed E-state index contributed by atoms with van der Waals surface area (Å²) < 4.78 is 10.5. The molecule has 0 unspecified atom stereocenters. The van der Waals surface area contributed by atoms with Crippen LogP contribution in [0.1, 0.15) is 70.8 Å². The van der Waals surface area contributed by atoms with Crippen molar-refractivity contribution in [3.05, 3.63) is 35.4 Å². The van der Waals surface area contributed by atoms with Gasteiger partial charge in [0.1, 0.15) is 17.7 Å². The van der Waals surface area contributed by atoms with Crippen LogP contribution in [0.5, 0.6) is 11.5 Å². The molecule has 4 rings (SSSR count). The predicted octanol–water partition coefficient (Wildman–Crippen LogP) is 1.83. The molecule has 0 radical (unpaired) electrons. The van der Waals surface area contributed by atoms with Gasteiger partial charge in [-0.1, -0.05) is 17.7 Å². The van der Waals surface area contributed by atoms with Crippen molar-refractivity contribution < 1.29 is 38.9 Å². The number of aromatic hydroxyl groups is 1. The molecule has 0 bridgehead atoms. The second kappa shape index (κ2) is 13.7. The molecule has 1 aromatic carbocycles. The minimum absolute atomic E-state index is 0.0215. The normalized spacial score (nSPS) is 25.4. The zero-order valence-corrected chi connectivity index (χ0v) is 24.6. The number of rotatable bonds is 13. The molecule has 230 valence electrons. The highest BCUT2D eigenvalue weighted by Gasteiger charge is 2.50. The lowest BCUT2D eigenvalue weighted by Crippen LogP contribution is -2.57. The summed E-state index contributed by atoms with van der Waals surface area (Å²) in [7, 11) is 1.43. The summed E-state index contributed by atoms with van der Waals surface area (Å²) in [4.78, 5) is 53.0. The molecule has 1 saturated heterocycles. The molecule has 0 aromatic heterocycles. The smallest absolute Gasteiger partial charge is 0.243 e. The van der Waals surface area contributed by atoms with Crippen LogP contribution in [0.4, 0.5) is 0 Å². The number of benzene rings is 1. The maximum atomic E-state index is 13.7. The number of hydrogen-bond acceptors (Lipinski definition) is 8. The van der Waals surface area contributed by atoms with Gasteiger partial charge in [0.15, 0.2) is 17.3 Å². The van der Waals surface area contributed by atoms with Gasteiger partial charge in [0.05, 0.1) is 25.9 Å². The number of aliphatic hydroxyl groups is 1. The molecule has 3 amide bonds. The Balaban J connectivity index is 1.48. The van der Waals surface area contributed by atoms with E-state index in [4.69, 9.17) is 9.47 Å². The van der Waals surface area contributed by atoms with E-state index in [1.165, 1.54) is 13.2 Å². The van der Waals surface area contributed by atoms with E-state index in [9.17, 15) is 29.4 Å². The van der Waals surface area contributed by atoms with Gasteiger partial charge in [0.2, 0.25) is 17.7 Å². The molecular formula is C31H43N3O8. The van der Waals surface area contributed by atoms with Gasteiger partial charge in [-0.3, -0.25) is 19.2 Å². The number of nitrogens with one attached hydrogen (secondary N) is 3. The van der Waals surface area contributed by atoms with E-state index >= 15 is 0 Å². The lowest BCUT2D eigenvalue weighted by atomic mass is 9.87. The van der Waals surface area contributed by atoms with Gasteiger partial charge in [0.25, 0.3) is 0 Å². The number of hydrogen-bond donors (Lipinski definition) is 5. The fourth-order valence-corrected chi connectivity index (χ4v) is 5.62. The second-order valence-electron chi connectivity index (χ2n) is 11.9. The average Bonchev–Trinajstić information content (AvgIpc) is 3.50. The predicted molar refractivity (Wildman–Crippen MR) is 154 cm³/mol. The van der Waals surface area contributed by atoms with E-state index in [2.05, 4.69) is 22.0 Å². The largest absolute Gasteiger partial charge is 0.504 e. The van der Waals surface area contributed by atoms with Crippen molar-refractivity contribution in [1.29, 1.82) is 0 Å². The highest BCUT2D eigenvalue weighted by atomic mass is 16.6. The van der Waals surface area contributed by atoms with Crippen LogP contribution >= 0.6 is 0 Å². The summed E-state index contributed by atoms with van der Waals surface area (Å²) in [6.45, 7) is 3.54. The van der Waals surface area contributed by atoms with Crippen LogP contribution in [0, 0.1) is 5.92 Å². The number of carbonyl (C=O) groups is 4. The van der Waals surface area contributed by atoms with Gasteiger partial charge < -0.3 is 35.6 Å². The molecule has 3 aliphatic rings. The van der Waals surface area contributed by atoms with E-state index < -0.39 is 41.6 Å². The van der Waals surface area contributed by atoms with Crippen LogP contribution in [0.15, 0.2) is 29.8 Å². The fraction of sp³-hybridized carbons (Fsp3) is 0.613. The number of phenolic OH excluding ortho intramolecular Hbond substituents is 1. The fourth-order valence-electron chi connectivity index (χ4n) is 5.62. The Bertz CT molecular complexity index is 1200. The number of Topliss-reactive ketones (excluding diaryl/α,β-unsaturated/α-hetero) is 1. The number of ketones is 1. The Labute approximate surface area is 246 Å². The number of aliphatic hydroxyl groups excluding tert-OH is 1. The van der Waals surface area contributed by atoms with E-state index in [1.54, 1.807) is 26.0 Å². The first kappa shape index (κ1) is 31.5. The van der Waals surface area contributed by atoms with Crippen molar-refractivity contribution in [3.8, 4) is 11.5 Å². The van der Waals surface area contributed by atoms with Gasteiger partial charge in [-0.15, -0.1) is 0 Å². The van der Waals surface area contributed by atoms with Crippen molar-refractivity contribution in [2.45, 2.75) is 101 Å². The summed E-state index contributed by atoms with van der Waals surface area (Å²) in [5.74, 6) is -1.72. The van der Waals surface area contributed by atoms with Gasteiger partial charge >= 0.3 is 0 Å². The number of carbonyl (C=O) groups excluding carboxylic acids is 4. The van der Waals surface area contributed by atoms with Crippen LogP contribution in [0.25, 0.3) is 0 Å². The summed E-state index contributed by atoms with van der Waals surface area (Å²) >= 11 is 0. The van der Waals surface area contributed by atoms with Crippen molar-refractivity contribution in [2.75, 3.05) is 13.7 Å². The number of methoxy groups -OCH3 is 1. The van der Waals surface area contributed by atoms with E-state index in [0.717, 1.165) is 24.8 Å². The first-order chi connectivity index (χ1) is 20.0. The van der Waals surface area contributed by atoms with Crippen LogP contribution in [0.2, 0.25) is 0 Å². The Kier molecular flexibility index (Phi) is 10.3. The maximum absolute atomic E-state index is 13.7. The standard InChI is InChI=1S/C31H43N3O8/c1-18(32-29(39)21-9-11-22(35)12-10-21)28(38)34-24(15-20-8-13-26(41-3)25(36)16-20)30(40)33-23(14-19-6-4-5-7-19)27(37)31(2)17-42-31/h6,8,13,16,18,21-24,35-36H,4-5,7,9-12,14-15,17H2,1-3H3,(H,32,39)(H,33,40)(H,34,38)/t18-,21-,22-,23+,24+,31-/m1/s1. The van der Waals surface area contributed by atoms with Crippen molar-refractivity contribution in [1.82, 2.24) is 16.0 Å². The van der Waals surface area contributed by atoms with Gasteiger partial charge in [-0.05, 0) is 82.9 Å². The topological polar surface area (TPSA) is 167 Å². The molecule has 1 aliphatic heterocycles. The molecule has 1 heterocycles. The molecule has 2 fully saturated rings. The summed E-state index contributed by atoms with van der Waals surface area (Å²) in [6.07, 6.45) is 7.05. The minimum Gasteiger partial charge on any atom is -0.504 e. The van der Waals surface area contributed by atoms with Crippen molar-refractivity contribution in [2.24, 2.45) is 5.92 Å². The first-order valence-corrected chi connectivity index (χ1v) is 14.8. The molecular weight excluding hydrogens is 542 g/mol. The SMILES string of the molecule is COc1ccc(C[C@H](NC(=O)[C@@H](C)NC(=O)[C@H]2CC[C@H](O)CC2)C(=O)N[C@@H](CC2=CCCC2)C(=O)[C@@]2(C)CO2)cc1O. The van der Waals surface area contributed by atoms with E-state index in [0.29, 0.717) is 44.3 Å². The minimum atomic E-state index is -1.10. The third-order valence-corrected chi connectivity index (χ3v) is 8.47. The van der Waals surface area contributed by atoms with Crippen molar-refractivity contribution in [3.63, 3.8) is 0 Å². The third kappa shape index (κ3) is 8.10. The zero-order chi connectivity index (χ0) is 30.4. The van der Waals surface area contributed by atoms with Gasteiger partial charge in [-0.2, -0.15) is 0 Å². The van der Waals surface area contributed by atoms with Crippen LogP contribution < -0.4 is 20.7 Å². The molecule has 1 saturated carbocycles. The lowest BCUT2D eigenvalue weighted by Gasteiger charge is -2.27. The lowest BCUT2D eigenvalue weighted by molar-refractivity contribution is -0.134. The number of amides is 3. The van der Waals surface area contributed by atoms with Gasteiger partial charge in [-0.25, -0.2) is 0 Å². The van der Waals surface area contributed by atoms with Crippen LogP contribution in [0.3, 0.4) is 0 Å². The Morgan fingerprint density at radius 2 is 1.74 bits per heavy atom. The van der Waals surface area contributed by atoms with E-state index in [-0.39, 0.29) is 35.5 Å². The quantitative estimate of drug-likeness (QED) is 0.173. The summed E-state index contributed by atoms with van der Waals surface area (Å²) in [6, 6.07) is 1.85. The Morgan fingerprint density at radius 3 is 2.33 bits per heavy atom. The molecule has 11 nitrogen and oxygen atoms in total. The first-order valence-electron chi connectivity index (χ1n) is 14.8. The Morgan fingerprint density at radius 1 is 1.05 bits per heavy atom. The monoisotopic (exact) mass is 585 g/mol. The van der Waals surface area contributed by atoms with Crippen LogP contribution in [-0.4, -0.2) is 77.3 Å². The number of phenols is 1. The van der Waals surface area contributed by atoms with E-state index in [1.807, 2.05) is 0 Å². The van der Waals surface area contributed by atoms with Crippen molar-refractivity contribution >= 4 is 23.5 Å².